The topological polar surface area (TPSA) is 80.3 Å². The van der Waals surface area contributed by atoms with Crippen molar-refractivity contribution in [1.29, 1.82) is 0 Å². The predicted octanol–water partition coefficient (Wildman–Crippen LogP) is 1.60. The van der Waals surface area contributed by atoms with E-state index in [-0.39, 0.29) is 22.1 Å². The van der Waals surface area contributed by atoms with Gasteiger partial charge in [-0.1, -0.05) is 11.6 Å². The summed E-state index contributed by atoms with van der Waals surface area (Å²) in [7, 11) is -2.06. The highest BCUT2D eigenvalue weighted by atomic mass is 35.5. The number of nitrogens with zero attached hydrogens (tertiary/aromatic N) is 1. The third kappa shape index (κ3) is 3.12. The lowest BCUT2D eigenvalue weighted by Gasteiger charge is -2.13. The van der Waals surface area contributed by atoms with Crippen molar-refractivity contribution in [2.45, 2.75) is 23.5 Å². The Labute approximate surface area is 137 Å². The molecular weight excluding hydrogens is 346 g/mol. The summed E-state index contributed by atoms with van der Waals surface area (Å²) in [5.41, 5.74) is 2.03. The van der Waals surface area contributed by atoms with E-state index in [0.717, 1.165) is 17.7 Å². The van der Waals surface area contributed by atoms with Crippen molar-refractivity contribution in [3.63, 3.8) is 0 Å². The Morgan fingerprint density at radius 1 is 1.55 bits per heavy atom. The molecule has 2 unspecified atom stereocenters. The SMILES string of the molecule is COC1CNC(CNS(=O)(=O)c2c(Cl)ccc3scnc23)C1. The summed E-state index contributed by atoms with van der Waals surface area (Å²) in [6, 6.07) is 3.41. The van der Waals surface area contributed by atoms with Crippen LogP contribution in [0.1, 0.15) is 6.42 Å². The van der Waals surface area contributed by atoms with Crippen molar-refractivity contribution in [3.05, 3.63) is 22.7 Å². The van der Waals surface area contributed by atoms with Crippen molar-refractivity contribution in [2.24, 2.45) is 0 Å². The number of halogens is 1. The molecule has 22 heavy (non-hydrogen) atoms. The second kappa shape index (κ2) is 6.38. The number of hydrogen-bond acceptors (Lipinski definition) is 6. The summed E-state index contributed by atoms with van der Waals surface area (Å²) in [5, 5.41) is 3.41. The molecule has 3 rings (SSSR count). The molecule has 2 N–H and O–H groups in total. The van der Waals surface area contributed by atoms with Crippen LogP contribution in [0.15, 0.2) is 22.5 Å². The fourth-order valence-corrected chi connectivity index (χ4v) is 5.05. The van der Waals surface area contributed by atoms with Crippen LogP contribution in [0, 0.1) is 0 Å². The largest absolute Gasteiger partial charge is 0.380 e. The molecule has 6 nitrogen and oxygen atoms in total. The number of nitrogens with one attached hydrogen (secondary N) is 2. The monoisotopic (exact) mass is 361 g/mol. The number of hydrogen-bond donors (Lipinski definition) is 2. The Balaban J connectivity index is 1.80. The minimum atomic E-state index is -3.72. The van der Waals surface area contributed by atoms with E-state index in [1.807, 2.05) is 0 Å². The van der Waals surface area contributed by atoms with Gasteiger partial charge in [0.1, 0.15) is 10.4 Å². The van der Waals surface area contributed by atoms with Crippen LogP contribution >= 0.6 is 22.9 Å². The minimum absolute atomic E-state index is 0.0492. The standard InChI is InChI=1S/C13H16ClN3O3S2/c1-20-9-4-8(15-6-9)5-17-22(18,19)13-10(14)2-3-11-12(13)16-7-21-11/h2-3,7-9,15,17H,4-6H2,1H3. The molecule has 2 heterocycles. The van der Waals surface area contributed by atoms with Crippen molar-refractivity contribution in [1.82, 2.24) is 15.0 Å². The average molecular weight is 362 g/mol. The Hall–Kier alpha value is -0.770. The van der Waals surface area contributed by atoms with Gasteiger partial charge in [-0.25, -0.2) is 18.1 Å². The van der Waals surface area contributed by atoms with Gasteiger partial charge in [0.05, 0.1) is 21.3 Å². The Bertz CT molecular complexity index is 778. The lowest BCUT2D eigenvalue weighted by Crippen LogP contribution is -2.37. The number of fused-ring (bicyclic) bond motifs is 1. The first-order chi connectivity index (χ1) is 10.5. The van der Waals surface area contributed by atoms with Crippen LogP contribution in [0.3, 0.4) is 0 Å². The minimum Gasteiger partial charge on any atom is -0.380 e. The lowest BCUT2D eigenvalue weighted by atomic mass is 10.2. The van der Waals surface area contributed by atoms with Gasteiger partial charge in [-0.3, -0.25) is 0 Å². The molecule has 1 fully saturated rings. The molecule has 1 aromatic carbocycles. The zero-order valence-corrected chi connectivity index (χ0v) is 14.3. The molecule has 2 aromatic rings. The second-order valence-corrected chi connectivity index (χ2v) is 8.12. The number of rotatable bonds is 5. The van der Waals surface area contributed by atoms with Gasteiger partial charge in [-0.2, -0.15) is 0 Å². The molecule has 120 valence electrons. The zero-order valence-electron chi connectivity index (χ0n) is 11.9. The molecule has 1 aliphatic rings. The van der Waals surface area contributed by atoms with E-state index in [0.29, 0.717) is 12.1 Å². The number of methoxy groups -OCH3 is 1. The number of ether oxygens (including phenoxy) is 1. The van der Waals surface area contributed by atoms with E-state index in [1.165, 1.54) is 11.3 Å². The summed E-state index contributed by atoms with van der Waals surface area (Å²) < 4.78 is 33.8. The molecule has 0 saturated carbocycles. The molecule has 0 radical (unpaired) electrons. The molecule has 9 heteroatoms. The van der Waals surface area contributed by atoms with Crippen molar-refractivity contribution < 1.29 is 13.2 Å². The van der Waals surface area contributed by atoms with E-state index < -0.39 is 10.0 Å². The molecule has 0 aliphatic carbocycles. The summed E-state index contributed by atoms with van der Waals surface area (Å²) in [5.74, 6) is 0. The highest BCUT2D eigenvalue weighted by Crippen LogP contribution is 2.31. The van der Waals surface area contributed by atoms with E-state index in [4.69, 9.17) is 16.3 Å². The molecule has 0 amide bonds. The van der Waals surface area contributed by atoms with Gasteiger partial charge in [0, 0.05) is 26.2 Å². The Morgan fingerprint density at radius 2 is 2.36 bits per heavy atom. The van der Waals surface area contributed by atoms with Gasteiger partial charge in [-0.15, -0.1) is 11.3 Å². The van der Waals surface area contributed by atoms with E-state index >= 15 is 0 Å². The first kappa shape index (κ1) is 16.1. The van der Waals surface area contributed by atoms with Crippen LogP contribution in [0.2, 0.25) is 5.02 Å². The molecule has 0 bridgehead atoms. The van der Waals surface area contributed by atoms with E-state index in [1.54, 1.807) is 24.8 Å². The number of sulfonamides is 1. The van der Waals surface area contributed by atoms with Gasteiger partial charge in [0.2, 0.25) is 10.0 Å². The van der Waals surface area contributed by atoms with Gasteiger partial charge in [-0.05, 0) is 18.6 Å². The third-order valence-corrected chi connectivity index (χ3v) is 6.43. The van der Waals surface area contributed by atoms with Crippen LogP contribution in [-0.2, 0) is 14.8 Å². The number of thiazole rings is 1. The van der Waals surface area contributed by atoms with Crippen molar-refractivity contribution in [3.8, 4) is 0 Å². The van der Waals surface area contributed by atoms with Crippen LogP contribution < -0.4 is 10.0 Å². The molecule has 1 aliphatic heterocycles. The van der Waals surface area contributed by atoms with E-state index in [9.17, 15) is 8.42 Å². The number of benzene rings is 1. The smallest absolute Gasteiger partial charge is 0.244 e. The van der Waals surface area contributed by atoms with Gasteiger partial charge < -0.3 is 10.1 Å². The summed E-state index contributed by atoms with van der Waals surface area (Å²) in [6.07, 6.45) is 0.897. The fraction of sp³-hybridized carbons (Fsp3) is 0.462. The maximum atomic E-state index is 12.6. The highest BCUT2D eigenvalue weighted by molar-refractivity contribution is 7.89. The Morgan fingerprint density at radius 3 is 3.09 bits per heavy atom. The quantitative estimate of drug-likeness (QED) is 0.845. The molecule has 2 atom stereocenters. The second-order valence-electron chi connectivity index (χ2n) is 5.13. The van der Waals surface area contributed by atoms with Crippen molar-refractivity contribution >= 4 is 43.2 Å². The third-order valence-electron chi connectivity index (χ3n) is 3.71. The molecule has 1 aromatic heterocycles. The van der Waals surface area contributed by atoms with Crippen LogP contribution in [0.25, 0.3) is 10.2 Å². The molecule has 0 spiro atoms. The Kier molecular flexibility index (Phi) is 4.67. The molecular formula is C13H16ClN3O3S2. The van der Waals surface area contributed by atoms with Crippen LogP contribution in [-0.4, -0.2) is 45.7 Å². The molecule has 1 saturated heterocycles. The normalized spacial score (nSPS) is 22.5. The first-order valence-electron chi connectivity index (χ1n) is 6.79. The van der Waals surface area contributed by atoms with Gasteiger partial charge >= 0.3 is 0 Å². The maximum absolute atomic E-state index is 12.6. The fourth-order valence-electron chi connectivity index (χ4n) is 2.54. The van der Waals surface area contributed by atoms with Crippen LogP contribution in [0.4, 0.5) is 0 Å². The predicted molar refractivity (Wildman–Crippen MR) is 87.0 cm³/mol. The number of aromatic nitrogens is 1. The van der Waals surface area contributed by atoms with Crippen LogP contribution in [0.5, 0.6) is 0 Å². The summed E-state index contributed by atoms with van der Waals surface area (Å²) in [6.45, 7) is 1.02. The van der Waals surface area contributed by atoms with Gasteiger partial charge in [0.15, 0.2) is 0 Å². The van der Waals surface area contributed by atoms with Gasteiger partial charge in [0.25, 0.3) is 0 Å². The first-order valence-corrected chi connectivity index (χ1v) is 9.53. The zero-order chi connectivity index (χ0) is 15.7. The summed E-state index contributed by atoms with van der Waals surface area (Å²) in [4.78, 5) is 4.18. The van der Waals surface area contributed by atoms with Crippen molar-refractivity contribution in [2.75, 3.05) is 20.2 Å². The average Bonchev–Trinajstić information content (AvgIpc) is 3.13. The lowest BCUT2D eigenvalue weighted by molar-refractivity contribution is 0.117. The highest BCUT2D eigenvalue weighted by Gasteiger charge is 2.27. The maximum Gasteiger partial charge on any atom is 0.244 e. The van der Waals surface area contributed by atoms with E-state index in [2.05, 4.69) is 15.0 Å². The summed E-state index contributed by atoms with van der Waals surface area (Å²) >= 11 is 7.48.